The van der Waals surface area contributed by atoms with Crippen LogP contribution in [-0.2, 0) is 13.6 Å². The van der Waals surface area contributed by atoms with Gasteiger partial charge in [-0.3, -0.25) is 4.90 Å². The number of rotatable bonds is 2. The zero-order chi connectivity index (χ0) is 12.5. The lowest BCUT2D eigenvalue weighted by molar-refractivity contribution is 0.229. The quantitative estimate of drug-likeness (QED) is 0.779. The average Bonchev–Trinajstić information content (AvgIpc) is 2.69. The van der Waals surface area contributed by atoms with E-state index in [9.17, 15) is 0 Å². The molecule has 0 atom stereocenters. The summed E-state index contributed by atoms with van der Waals surface area (Å²) in [6, 6.07) is 8.38. The van der Waals surface area contributed by atoms with Crippen LogP contribution in [0.5, 0.6) is 0 Å². The standard InChI is InChI=1S/C14H20N4/c1-17-12(10-18-7-5-16-6-8-18)9-11-3-2-4-13(15)14(11)17/h2-4,9,16H,5-8,10,15H2,1H3. The molecule has 4 heteroatoms. The van der Waals surface area contributed by atoms with Crippen LogP contribution < -0.4 is 11.1 Å². The molecule has 3 rings (SSSR count). The number of piperazine rings is 1. The Balaban J connectivity index is 1.92. The van der Waals surface area contributed by atoms with Crippen LogP contribution in [-0.4, -0.2) is 35.6 Å². The molecule has 3 N–H and O–H groups in total. The minimum absolute atomic E-state index is 0.863. The summed E-state index contributed by atoms with van der Waals surface area (Å²) in [6.07, 6.45) is 0. The molecular weight excluding hydrogens is 224 g/mol. The Morgan fingerprint density at radius 3 is 2.78 bits per heavy atom. The highest BCUT2D eigenvalue weighted by molar-refractivity contribution is 5.91. The molecule has 0 bridgehead atoms. The van der Waals surface area contributed by atoms with E-state index in [-0.39, 0.29) is 0 Å². The summed E-state index contributed by atoms with van der Waals surface area (Å²) in [5.74, 6) is 0. The summed E-state index contributed by atoms with van der Waals surface area (Å²) >= 11 is 0. The van der Waals surface area contributed by atoms with Gasteiger partial charge in [0.25, 0.3) is 0 Å². The highest BCUT2D eigenvalue weighted by Crippen LogP contribution is 2.24. The first-order chi connectivity index (χ1) is 8.75. The number of hydrogen-bond acceptors (Lipinski definition) is 3. The van der Waals surface area contributed by atoms with Gasteiger partial charge in [0, 0.05) is 50.9 Å². The molecule has 0 amide bonds. The van der Waals surface area contributed by atoms with Gasteiger partial charge in [-0.05, 0) is 12.1 Å². The molecule has 0 spiro atoms. The maximum Gasteiger partial charge on any atom is 0.0713 e. The van der Waals surface area contributed by atoms with Gasteiger partial charge in [0.1, 0.15) is 0 Å². The van der Waals surface area contributed by atoms with Gasteiger partial charge in [0.15, 0.2) is 0 Å². The molecule has 96 valence electrons. The van der Waals surface area contributed by atoms with Gasteiger partial charge < -0.3 is 15.6 Å². The Morgan fingerprint density at radius 1 is 1.28 bits per heavy atom. The van der Waals surface area contributed by atoms with E-state index >= 15 is 0 Å². The molecule has 2 heterocycles. The number of nitrogens with one attached hydrogen (secondary N) is 1. The lowest BCUT2D eigenvalue weighted by Gasteiger charge is -2.27. The lowest BCUT2D eigenvalue weighted by atomic mass is 10.2. The van der Waals surface area contributed by atoms with E-state index in [2.05, 4.69) is 34.0 Å². The Bertz CT molecular complexity index is 552. The van der Waals surface area contributed by atoms with E-state index in [4.69, 9.17) is 5.73 Å². The Morgan fingerprint density at radius 2 is 2.06 bits per heavy atom. The van der Waals surface area contributed by atoms with Crippen molar-refractivity contribution in [2.75, 3.05) is 31.9 Å². The number of aryl methyl sites for hydroxylation is 1. The minimum atomic E-state index is 0.863. The normalized spacial score (nSPS) is 17.4. The Labute approximate surface area is 107 Å². The van der Waals surface area contributed by atoms with Crippen molar-refractivity contribution >= 4 is 16.6 Å². The van der Waals surface area contributed by atoms with Crippen molar-refractivity contribution in [1.82, 2.24) is 14.8 Å². The third kappa shape index (κ3) is 1.98. The molecular formula is C14H20N4. The van der Waals surface area contributed by atoms with Crippen molar-refractivity contribution < 1.29 is 0 Å². The molecule has 0 radical (unpaired) electrons. The fraction of sp³-hybridized carbons (Fsp3) is 0.429. The predicted molar refractivity (Wildman–Crippen MR) is 75.5 cm³/mol. The van der Waals surface area contributed by atoms with Crippen LogP contribution >= 0.6 is 0 Å². The number of benzene rings is 1. The predicted octanol–water partition coefficient (Wildman–Crippen LogP) is 1.17. The smallest absolute Gasteiger partial charge is 0.0713 e. The second-order valence-corrected chi connectivity index (χ2v) is 5.01. The second-order valence-electron chi connectivity index (χ2n) is 5.01. The van der Waals surface area contributed by atoms with Crippen molar-refractivity contribution in [2.24, 2.45) is 7.05 Å². The van der Waals surface area contributed by atoms with E-state index in [0.29, 0.717) is 0 Å². The van der Waals surface area contributed by atoms with E-state index in [1.165, 1.54) is 11.1 Å². The summed E-state index contributed by atoms with van der Waals surface area (Å²) in [7, 11) is 2.11. The van der Waals surface area contributed by atoms with Crippen molar-refractivity contribution in [3.8, 4) is 0 Å². The van der Waals surface area contributed by atoms with Gasteiger partial charge in [0.2, 0.25) is 0 Å². The van der Waals surface area contributed by atoms with Gasteiger partial charge in [-0.25, -0.2) is 0 Å². The SMILES string of the molecule is Cn1c(CN2CCNCC2)cc2cccc(N)c21. The van der Waals surface area contributed by atoms with Crippen LogP contribution in [0.2, 0.25) is 0 Å². The average molecular weight is 244 g/mol. The molecule has 0 unspecified atom stereocenters. The summed E-state index contributed by atoms with van der Waals surface area (Å²) in [4.78, 5) is 2.49. The second kappa shape index (κ2) is 4.63. The van der Waals surface area contributed by atoms with Gasteiger partial charge >= 0.3 is 0 Å². The Hall–Kier alpha value is -1.52. The van der Waals surface area contributed by atoms with Gasteiger partial charge in [0.05, 0.1) is 11.2 Å². The topological polar surface area (TPSA) is 46.2 Å². The highest BCUT2D eigenvalue weighted by Gasteiger charge is 2.13. The van der Waals surface area contributed by atoms with Gasteiger partial charge in [-0.1, -0.05) is 12.1 Å². The lowest BCUT2D eigenvalue weighted by Crippen LogP contribution is -2.43. The number of hydrogen-bond donors (Lipinski definition) is 2. The molecule has 1 aliphatic heterocycles. The number of para-hydroxylation sites is 1. The van der Waals surface area contributed by atoms with Crippen LogP contribution in [0.15, 0.2) is 24.3 Å². The zero-order valence-electron chi connectivity index (χ0n) is 10.8. The third-order valence-corrected chi connectivity index (χ3v) is 3.78. The van der Waals surface area contributed by atoms with E-state index in [1.54, 1.807) is 0 Å². The number of anilines is 1. The van der Waals surface area contributed by atoms with E-state index in [1.807, 2.05) is 12.1 Å². The fourth-order valence-electron chi connectivity index (χ4n) is 2.75. The monoisotopic (exact) mass is 244 g/mol. The first-order valence-corrected chi connectivity index (χ1v) is 6.51. The third-order valence-electron chi connectivity index (χ3n) is 3.78. The molecule has 4 nitrogen and oxygen atoms in total. The van der Waals surface area contributed by atoms with Gasteiger partial charge in [-0.2, -0.15) is 0 Å². The largest absolute Gasteiger partial charge is 0.397 e. The van der Waals surface area contributed by atoms with Crippen molar-refractivity contribution in [1.29, 1.82) is 0 Å². The first kappa shape index (κ1) is 11.6. The van der Waals surface area contributed by atoms with Crippen LogP contribution in [0.25, 0.3) is 10.9 Å². The maximum atomic E-state index is 6.06. The van der Waals surface area contributed by atoms with E-state index < -0.39 is 0 Å². The number of nitrogens with zero attached hydrogens (tertiary/aromatic N) is 2. The molecule has 1 fully saturated rings. The van der Waals surface area contributed by atoms with Crippen molar-refractivity contribution in [3.63, 3.8) is 0 Å². The molecule has 18 heavy (non-hydrogen) atoms. The van der Waals surface area contributed by atoms with E-state index in [0.717, 1.165) is 43.9 Å². The van der Waals surface area contributed by atoms with Crippen LogP contribution in [0, 0.1) is 0 Å². The summed E-state index contributed by atoms with van der Waals surface area (Å²) in [6.45, 7) is 5.43. The first-order valence-electron chi connectivity index (χ1n) is 6.51. The summed E-state index contributed by atoms with van der Waals surface area (Å²) in [5, 5.41) is 4.62. The number of fused-ring (bicyclic) bond motifs is 1. The summed E-state index contributed by atoms with van der Waals surface area (Å²) in [5.41, 5.74) is 9.41. The van der Waals surface area contributed by atoms with Crippen LogP contribution in [0.1, 0.15) is 5.69 Å². The van der Waals surface area contributed by atoms with Crippen LogP contribution in [0.4, 0.5) is 5.69 Å². The minimum Gasteiger partial charge on any atom is -0.397 e. The Kier molecular flexibility index (Phi) is 2.97. The molecule has 1 aliphatic rings. The van der Waals surface area contributed by atoms with Crippen LogP contribution in [0.3, 0.4) is 0 Å². The molecule has 1 saturated heterocycles. The molecule has 2 aromatic rings. The number of nitrogen functional groups attached to an aromatic ring is 1. The summed E-state index contributed by atoms with van der Waals surface area (Å²) < 4.78 is 2.23. The molecule has 0 saturated carbocycles. The van der Waals surface area contributed by atoms with Crippen molar-refractivity contribution in [3.05, 3.63) is 30.0 Å². The fourth-order valence-corrected chi connectivity index (χ4v) is 2.75. The zero-order valence-corrected chi connectivity index (χ0v) is 10.8. The highest BCUT2D eigenvalue weighted by atomic mass is 15.2. The molecule has 1 aromatic heterocycles. The molecule has 1 aromatic carbocycles. The number of nitrogens with two attached hydrogens (primary N) is 1. The maximum absolute atomic E-state index is 6.06. The van der Waals surface area contributed by atoms with Gasteiger partial charge in [-0.15, -0.1) is 0 Å². The number of aromatic nitrogens is 1. The molecule has 0 aliphatic carbocycles. The van der Waals surface area contributed by atoms with Crippen molar-refractivity contribution in [2.45, 2.75) is 6.54 Å².